The second-order valence-corrected chi connectivity index (χ2v) is 5.04. The molecule has 0 aromatic heterocycles. The van der Waals surface area contributed by atoms with E-state index in [4.69, 9.17) is 0 Å². The predicted octanol–water partition coefficient (Wildman–Crippen LogP) is 3.33. The van der Waals surface area contributed by atoms with Gasteiger partial charge in [-0.1, -0.05) is 19.3 Å². The van der Waals surface area contributed by atoms with Gasteiger partial charge in [-0.25, -0.2) is 4.39 Å². The molecular weight excluding hydrogens is 245 g/mol. The van der Waals surface area contributed by atoms with E-state index >= 15 is 0 Å². The highest BCUT2D eigenvalue weighted by Crippen LogP contribution is 2.26. The number of rotatable bonds is 3. The van der Waals surface area contributed by atoms with E-state index in [9.17, 15) is 14.3 Å². The second kappa shape index (κ2) is 6.04. The third kappa shape index (κ3) is 3.06. The molecule has 1 amide bonds. The Hall–Kier alpha value is -1.58. The summed E-state index contributed by atoms with van der Waals surface area (Å²) in [6, 6.07) is 3.80. The summed E-state index contributed by atoms with van der Waals surface area (Å²) in [5, 5.41) is 9.72. The Labute approximate surface area is 113 Å². The number of carbonyl (C=O) groups excluding carboxylic acids is 1. The molecule has 1 aromatic carbocycles. The topological polar surface area (TPSA) is 40.5 Å². The van der Waals surface area contributed by atoms with Gasteiger partial charge in [0.25, 0.3) is 5.91 Å². The molecule has 0 aliphatic heterocycles. The first-order chi connectivity index (χ1) is 9.13. The molecule has 1 N–H and O–H groups in total. The highest BCUT2D eigenvalue weighted by atomic mass is 19.1. The van der Waals surface area contributed by atoms with Crippen LogP contribution in [0.4, 0.5) is 4.39 Å². The van der Waals surface area contributed by atoms with Gasteiger partial charge < -0.3 is 10.0 Å². The van der Waals surface area contributed by atoms with E-state index in [1.807, 2.05) is 6.92 Å². The van der Waals surface area contributed by atoms with E-state index in [1.165, 1.54) is 18.6 Å². The van der Waals surface area contributed by atoms with Gasteiger partial charge >= 0.3 is 0 Å². The first kappa shape index (κ1) is 13.8. The lowest BCUT2D eigenvalue weighted by molar-refractivity contribution is 0.0645. The van der Waals surface area contributed by atoms with E-state index in [0.29, 0.717) is 6.54 Å². The number of amides is 1. The van der Waals surface area contributed by atoms with Crippen molar-refractivity contribution in [3.05, 3.63) is 29.6 Å². The van der Waals surface area contributed by atoms with Crippen LogP contribution < -0.4 is 0 Å². The highest BCUT2D eigenvalue weighted by Gasteiger charge is 2.26. The second-order valence-electron chi connectivity index (χ2n) is 5.04. The minimum absolute atomic E-state index is 0.189. The van der Waals surface area contributed by atoms with Crippen LogP contribution in [-0.2, 0) is 0 Å². The van der Waals surface area contributed by atoms with Crippen molar-refractivity contribution in [3.63, 3.8) is 0 Å². The van der Waals surface area contributed by atoms with Crippen molar-refractivity contribution in [2.75, 3.05) is 6.54 Å². The van der Waals surface area contributed by atoms with Gasteiger partial charge in [0.1, 0.15) is 11.6 Å². The predicted molar refractivity (Wildman–Crippen MR) is 71.6 cm³/mol. The normalized spacial score (nSPS) is 16.3. The fourth-order valence-corrected chi connectivity index (χ4v) is 2.80. The van der Waals surface area contributed by atoms with Crippen molar-refractivity contribution in [2.45, 2.75) is 45.1 Å². The lowest BCUT2D eigenvalue weighted by Crippen LogP contribution is -2.41. The fourth-order valence-electron chi connectivity index (χ4n) is 2.80. The molecule has 2 rings (SSSR count). The highest BCUT2D eigenvalue weighted by molar-refractivity contribution is 5.97. The summed E-state index contributed by atoms with van der Waals surface area (Å²) >= 11 is 0. The Morgan fingerprint density at radius 1 is 1.37 bits per heavy atom. The van der Waals surface area contributed by atoms with Crippen molar-refractivity contribution >= 4 is 5.91 Å². The SMILES string of the molecule is CCN(C(=O)c1ccc(F)cc1O)C1CCCCC1. The number of phenolic OH excluding ortho intramolecular Hbond substituents is 1. The molecule has 1 aromatic rings. The van der Waals surface area contributed by atoms with Gasteiger partial charge in [-0.15, -0.1) is 0 Å². The van der Waals surface area contributed by atoms with E-state index in [-0.39, 0.29) is 23.3 Å². The van der Waals surface area contributed by atoms with Gasteiger partial charge in [0, 0.05) is 18.7 Å². The Morgan fingerprint density at radius 2 is 2.05 bits per heavy atom. The fraction of sp³-hybridized carbons (Fsp3) is 0.533. The van der Waals surface area contributed by atoms with Crippen molar-refractivity contribution in [1.29, 1.82) is 0 Å². The standard InChI is InChI=1S/C15H20FNO2/c1-2-17(12-6-4-3-5-7-12)15(19)13-9-8-11(16)10-14(13)18/h8-10,12,18H,2-7H2,1H3. The lowest BCUT2D eigenvalue weighted by atomic mass is 9.93. The van der Waals surface area contributed by atoms with Crippen LogP contribution >= 0.6 is 0 Å². The summed E-state index contributed by atoms with van der Waals surface area (Å²) in [6.45, 7) is 2.55. The molecule has 1 aliphatic carbocycles. The van der Waals surface area contributed by atoms with Gasteiger partial charge in [0.05, 0.1) is 5.56 Å². The average Bonchev–Trinajstić information content (AvgIpc) is 2.40. The van der Waals surface area contributed by atoms with Gasteiger partial charge in [-0.3, -0.25) is 4.79 Å². The molecule has 0 bridgehead atoms. The zero-order valence-electron chi connectivity index (χ0n) is 11.2. The number of hydrogen-bond acceptors (Lipinski definition) is 2. The zero-order chi connectivity index (χ0) is 13.8. The number of phenols is 1. The number of hydrogen-bond donors (Lipinski definition) is 1. The van der Waals surface area contributed by atoms with Crippen molar-refractivity contribution < 1.29 is 14.3 Å². The number of aromatic hydroxyl groups is 1. The third-order valence-electron chi connectivity index (χ3n) is 3.81. The smallest absolute Gasteiger partial charge is 0.257 e. The molecule has 1 saturated carbocycles. The van der Waals surface area contributed by atoms with Crippen molar-refractivity contribution in [3.8, 4) is 5.75 Å². The molecule has 19 heavy (non-hydrogen) atoms. The van der Waals surface area contributed by atoms with E-state index in [2.05, 4.69) is 0 Å². The lowest BCUT2D eigenvalue weighted by Gasteiger charge is -2.33. The van der Waals surface area contributed by atoms with Crippen LogP contribution in [0.3, 0.4) is 0 Å². The van der Waals surface area contributed by atoms with Gasteiger partial charge in [0.15, 0.2) is 0 Å². The maximum atomic E-state index is 13.0. The molecule has 3 nitrogen and oxygen atoms in total. The summed E-state index contributed by atoms with van der Waals surface area (Å²) < 4.78 is 13.0. The number of benzene rings is 1. The molecular formula is C15H20FNO2. The maximum Gasteiger partial charge on any atom is 0.257 e. The quantitative estimate of drug-likeness (QED) is 0.910. The first-order valence-corrected chi connectivity index (χ1v) is 6.93. The third-order valence-corrected chi connectivity index (χ3v) is 3.81. The van der Waals surface area contributed by atoms with Gasteiger partial charge in [-0.2, -0.15) is 0 Å². The molecule has 0 saturated heterocycles. The van der Waals surface area contributed by atoms with Crippen LogP contribution in [0.2, 0.25) is 0 Å². The molecule has 1 fully saturated rings. The van der Waals surface area contributed by atoms with Crippen LogP contribution in [0.1, 0.15) is 49.4 Å². The minimum Gasteiger partial charge on any atom is -0.507 e. The summed E-state index contributed by atoms with van der Waals surface area (Å²) in [5.41, 5.74) is 0.189. The summed E-state index contributed by atoms with van der Waals surface area (Å²) in [4.78, 5) is 14.2. The van der Waals surface area contributed by atoms with Crippen molar-refractivity contribution in [2.24, 2.45) is 0 Å². The molecule has 0 radical (unpaired) electrons. The van der Waals surface area contributed by atoms with Crippen molar-refractivity contribution in [1.82, 2.24) is 4.90 Å². The first-order valence-electron chi connectivity index (χ1n) is 6.93. The minimum atomic E-state index is -0.533. The van der Waals surface area contributed by atoms with Crippen LogP contribution in [0.5, 0.6) is 5.75 Å². The Bertz CT molecular complexity index is 455. The molecule has 0 atom stereocenters. The zero-order valence-corrected chi connectivity index (χ0v) is 11.2. The van der Waals surface area contributed by atoms with Gasteiger partial charge in [-0.05, 0) is 31.9 Å². The van der Waals surface area contributed by atoms with E-state index < -0.39 is 5.82 Å². The summed E-state index contributed by atoms with van der Waals surface area (Å²) in [7, 11) is 0. The van der Waals surface area contributed by atoms with Crippen LogP contribution in [-0.4, -0.2) is 28.5 Å². The average molecular weight is 265 g/mol. The van der Waals surface area contributed by atoms with E-state index in [1.54, 1.807) is 4.90 Å². The Kier molecular flexibility index (Phi) is 4.40. The van der Waals surface area contributed by atoms with E-state index in [0.717, 1.165) is 31.7 Å². The van der Waals surface area contributed by atoms with Crippen LogP contribution in [0, 0.1) is 5.82 Å². The van der Waals surface area contributed by atoms with Crippen LogP contribution in [0.25, 0.3) is 0 Å². The maximum absolute atomic E-state index is 13.0. The molecule has 0 unspecified atom stereocenters. The largest absolute Gasteiger partial charge is 0.507 e. The molecule has 104 valence electrons. The molecule has 0 heterocycles. The Morgan fingerprint density at radius 3 is 2.63 bits per heavy atom. The molecule has 1 aliphatic rings. The van der Waals surface area contributed by atoms with Gasteiger partial charge in [0.2, 0.25) is 0 Å². The van der Waals surface area contributed by atoms with Crippen LogP contribution in [0.15, 0.2) is 18.2 Å². The number of nitrogens with zero attached hydrogens (tertiary/aromatic N) is 1. The molecule has 0 spiro atoms. The summed E-state index contributed by atoms with van der Waals surface area (Å²) in [6.07, 6.45) is 5.54. The summed E-state index contributed by atoms with van der Waals surface area (Å²) in [5.74, 6) is -1.01. The Balaban J connectivity index is 2.19. The number of carbonyl (C=O) groups is 1. The molecule has 4 heteroatoms. The monoisotopic (exact) mass is 265 g/mol. The number of halogens is 1.